The van der Waals surface area contributed by atoms with Gasteiger partial charge in [-0.2, -0.15) is 0 Å². The molecule has 0 unspecified atom stereocenters. The number of rotatable bonds is 12. The molecule has 0 aromatic heterocycles. The average Bonchev–Trinajstić information content (AvgIpc) is 2.35. The van der Waals surface area contributed by atoms with Gasteiger partial charge >= 0.3 is 0 Å². The fourth-order valence-electron chi connectivity index (χ4n) is 1.75. The van der Waals surface area contributed by atoms with E-state index in [1.165, 1.54) is 57.8 Å². The maximum Gasteiger partial charge on any atom is -0.0169 e. The van der Waals surface area contributed by atoms with E-state index in [0.717, 1.165) is 6.42 Å². The first kappa shape index (κ1) is 16.2. The van der Waals surface area contributed by atoms with Gasteiger partial charge in [0.25, 0.3) is 0 Å². The minimum absolute atomic E-state index is 1.11. The van der Waals surface area contributed by atoms with Gasteiger partial charge in [0, 0.05) is 0 Å². The molecule has 98 valence electrons. The molecule has 0 spiro atoms. The van der Waals surface area contributed by atoms with Crippen molar-refractivity contribution in [2.75, 3.05) is 0 Å². The summed E-state index contributed by atoms with van der Waals surface area (Å²) in [5, 5.41) is 0. The smallest absolute Gasteiger partial charge is 0.0169 e. The predicted molar refractivity (Wildman–Crippen MR) is 80.3 cm³/mol. The van der Waals surface area contributed by atoms with E-state index in [1.807, 2.05) is 6.08 Å². The molecule has 0 amide bonds. The summed E-state index contributed by atoms with van der Waals surface area (Å²) in [6, 6.07) is 0. The van der Waals surface area contributed by atoms with Crippen molar-refractivity contribution in [2.45, 2.75) is 71.1 Å². The van der Waals surface area contributed by atoms with Gasteiger partial charge in [-0.25, -0.2) is 0 Å². The standard InChI is InChI=1S/C17H30/c1-3-5-7-9-11-13-15-17-16-14-12-10-8-6-4-2/h3,12,14-15,17H,1,4-11,13,16H2,2H3/b14-12-,17-15-. The Morgan fingerprint density at radius 1 is 0.706 bits per heavy atom. The Labute approximate surface area is 109 Å². The molecular formula is C17H30. The molecule has 0 aliphatic rings. The first-order valence-electron chi connectivity index (χ1n) is 7.32. The second-order valence-electron chi connectivity index (χ2n) is 4.60. The normalized spacial score (nSPS) is 11.6. The third kappa shape index (κ3) is 15.2. The van der Waals surface area contributed by atoms with Gasteiger partial charge in [0.1, 0.15) is 0 Å². The Kier molecular flexibility index (Phi) is 14.5. The Morgan fingerprint density at radius 2 is 1.29 bits per heavy atom. The molecule has 0 aliphatic heterocycles. The van der Waals surface area contributed by atoms with Gasteiger partial charge in [-0.1, -0.05) is 56.6 Å². The summed E-state index contributed by atoms with van der Waals surface area (Å²) in [6.45, 7) is 5.98. The molecule has 0 radical (unpaired) electrons. The van der Waals surface area contributed by atoms with E-state index in [2.05, 4.69) is 37.8 Å². The van der Waals surface area contributed by atoms with Crippen molar-refractivity contribution in [3.8, 4) is 0 Å². The minimum atomic E-state index is 1.11. The van der Waals surface area contributed by atoms with Crippen LogP contribution in [0, 0.1) is 0 Å². The van der Waals surface area contributed by atoms with Crippen molar-refractivity contribution < 1.29 is 0 Å². The van der Waals surface area contributed by atoms with E-state index in [1.54, 1.807) is 0 Å². The third-order valence-electron chi connectivity index (χ3n) is 2.86. The summed E-state index contributed by atoms with van der Waals surface area (Å²) < 4.78 is 0. The highest BCUT2D eigenvalue weighted by atomic mass is 13.9. The minimum Gasteiger partial charge on any atom is -0.103 e. The van der Waals surface area contributed by atoms with Crippen LogP contribution in [0.25, 0.3) is 0 Å². The monoisotopic (exact) mass is 234 g/mol. The molecule has 17 heavy (non-hydrogen) atoms. The van der Waals surface area contributed by atoms with Gasteiger partial charge in [0.15, 0.2) is 0 Å². The van der Waals surface area contributed by atoms with E-state index in [0.29, 0.717) is 0 Å². The average molecular weight is 234 g/mol. The molecule has 0 N–H and O–H groups in total. The second-order valence-corrected chi connectivity index (χ2v) is 4.60. The van der Waals surface area contributed by atoms with Crippen molar-refractivity contribution in [1.82, 2.24) is 0 Å². The molecule has 0 aliphatic carbocycles. The van der Waals surface area contributed by atoms with Crippen LogP contribution in [-0.2, 0) is 0 Å². The molecule has 0 saturated carbocycles. The predicted octanol–water partition coefficient (Wildman–Crippen LogP) is 6.21. The topological polar surface area (TPSA) is 0 Å². The molecule has 0 heterocycles. The van der Waals surface area contributed by atoms with Crippen LogP contribution in [0.15, 0.2) is 37.0 Å². The molecule has 0 saturated heterocycles. The van der Waals surface area contributed by atoms with Gasteiger partial charge in [0.05, 0.1) is 0 Å². The first-order chi connectivity index (χ1) is 8.41. The van der Waals surface area contributed by atoms with Gasteiger partial charge < -0.3 is 0 Å². The van der Waals surface area contributed by atoms with Crippen molar-refractivity contribution in [2.24, 2.45) is 0 Å². The summed E-state index contributed by atoms with van der Waals surface area (Å²) in [4.78, 5) is 0. The van der Waals surface area contributed by atoms with Crippen molar-refractivity contribution in [1.29, 1.82) is 0 Å². The maximum atomic E-state index is 3.73. The molecule has 0 rings (SSSR count). The van der Waals surface area contributed by atoms with Crippen LogP contribution in [0.4, 0.5) is 0 Å². The fraction of sp³-hybridized carbons (Fsp3) is 0.647. The number of hydrogen-bond donors (Lipinski definition) is 0. The molecule has 0 nitrogen and oxygen atoms in total. The van der Waals surface area contributed by atoms with Gasteiger partial charge in [-0.05, 0) is 44.9 Å². The van der Waals surface area contributed by atoms with Crippen LogP contribution in [0.2, 0.25) is 0 Å². The Morgan fingerprint density at radius 3 is 1.88 bits per heavy atom. The maximum absolute atomic E-state index is 3.73. The second kappa shape index (κ2) is 15.2. The summed E-state index contributed by atoms with van der Waals surface area (Å²) in [5.41, 5.74) is 0. The Bertz CT molecular complexity index is 198. The summed E-state index contributed by atoms with van der Waals surface area (Å²) in [7, 11) is 0. The van der Waals surface area contributed by atoms with Crippen LogP contribution >= 0.6 is 0 Å². The number of hydrogen-bond acceptors (Lipinski definition) is 0. The summed E-state index contributed by atoms with van der Waals surface area (Å²) >= 11 is 0. The fourth-order valence-corrected chi connectivity index (χ4v) is 1.75. The van der Waals surface area contributed by atoms with Crippen LogP contribution in [0.5, 0.6) is 0 Å². The molecule has 0 atom stereocenters. The van der Waals surface area contributed by atoms with Gasteiger partial charge in [-0.3, -0.25) is 0 Å². The largest absolute Gasteiger partial charge is 0.103 e. The zero-order valence-electron chi connectivity index (χ0n) is 11.7. The lowest BCUT2D eigenvalue weighted by atomic mass is 10.1. The SMILES string of the molecule is C=CCCCCC/C=C\C/C=C\CCCCC. The van der Waals surface area contributed by atoms with Gasteiger partial charge in [0.2, 0.25) is 0 Å². The highest BCUT2D eigenvalue weighted by Gasteiger charge is 1.84. The lowest BCUT2D eigenvalue weighted by Crippen LogP contribution is -1.74. The summed E-state index contributed by atoms with van der Waals surface area (Å²) in [5.74, 6) is 0. The highest BCUT2D eigenvalue weighted by Crippen LogP contribution is 2.04. The van der Waals surface area contributed by atoms with E-state index < -0.39 is 0 Å². The Hall–Kier alpha value is -0.780. The van der Waals surface area contributed by atoms with Crippen LogP contribution in [-0.4, -0.2) is 0 Å². The molecule has 0 heteroatoms. The molecule has 0 aromatic rings. The zero-order chi connectivity index (χ0) is 12.6. The number of allylic oxidation sites excluding steroid dienone is 5. The lowest BCUT2D eigenvalue weighted by Gasteiger charge is -1.94. The van der Waals surface area contributed by atoms with Gasteiger partial charge in [-0.15, -0.1) is 6.58 Å². The van der Waals surface area contributed by atoms with Crippen LogP contribution < -0.4 is 0 Å². The molecular weight excluding hydrogens is 204 g/mol. The van der Waals surface area contributed by atoms with E-state index in [-0.39, 0.29) is 0 Å². The summed E-state index contributed by atoms with van der Waals surface area (Å²) in [6.07, 6.45) is 24.0. The highest BCUT2D eigenvalue weighted by molar-refractivity contribution is 4.92. The quantitative estimate of drug-likeness (QED) is 0.278. The third-order valence-corrected chi connectivity index (χ3v) is 2.86. The van der Waals surface area contributed by atoms with Crippen molar-refractivity contribution in [3.05, 3.63) is 37.0 Å². The van der Waals surface area contributed by atoms with E-state index >= 15 is 0 Å². The molecule has 0 fully saturated rings. The van der Waals surface area contributed by atoms with E-state index in [4.69, 9.17) is 0 Å². The Balaban J connectivity index is 3.16. The zero-order valence-corrected chi connectivity index (χ0v) is 11.7. The van der Waals surface area contributed by atoms with Crippen LogP contribution in [0.1, 0.15) is 71.1 Å². The van der Waals surface area contributed by atoms with Crippen LogP contribution in [0.3, 0.4) is 0 Å². The number of unbranched alkanes of at least 4 members (excludes halogenated alkanes) is 7. The lowest BCUT2D eigenvalue weighted by molar-refractivity contribution is 0.696. The first-order valence-corrected chi connectivity index (χ1v) is 7.32. The van der Waals surface area contributed by atoms with E-state index in [9.17, 15) is 0 Å². The van der Waals surface area contributed by atoms with Crippen molar-refractivity contribution >= 4 is 0 Å². The molecule has 0 bridgehead atoms. The molecule has 0 aromatic carbocycles. The van der Waals surface area contributed by atoms with Crippen molar-refractivity contribution in [3.63, 3.8) is 0 Å².